The second-order valence-corrected chi connectivity index (χ2v) is 13.2. The number of aryl methyl sites for hydroxylation is 1. The van der Waals surface area contributed by atoms with Crippen LogP contribution in [0.2, 0.25) is 0 Å². The summed E-state index contributed by atoms with van der Waals surface area (Å²) in [5.41, 5.74) is 1.92. The van der Waals surface area contributed by atoms with Crippen LogP contribution in [0.1, 0.15) is 77.3 Å². The van der Waals surface area contributed by atoms with Crippen molar-refractivity contribution in [1.82, 2.24) is 24.3 Å². The molecule has 2 saturated heterocycles. The number of hydrogen-bond acceptors (Lipinski definition) is 7. The number of carbonyl (C=O) groups is 3. The average molecular weight is 584 g/mol. The highest BCUT2D eigenvalue weighted by Gasteiger charge is 2.37. The predicted octanol–water partition coefficient (Wildman–Crippen LogP) is 3.33. The summed E-state index contributed by atoms with van der Waals surface area (Å²) in [5.74, 6) is -0.0620. The molecule has 3 aliphatic rings. The molecular formula is C31H45N5O6. The molecule has 42 heavy (non-hydrogen) atoms. The highest BCUT2D eigenvalue weighted by atomic mass is 16.6. The molecule has 1 aromatic heterocycles. The van der Waals surface area contributed by atoms with Crippen molar-refractivity contribution in [1.29, 1.82) is 0 Å². The normalized spacial score (nSPS) is 24.0. The Balaban J connectivity index is 1.06. The Bertz CT molecular complexity index is 1380. The molecule has 0 spiro atoms. The standard InChI is InChI=1S/C31H45N5O6/c1-31(2,3)42-30(40)33(4)22-17-23(18-22)41-15-12-20-10-13-35(14-11-20)19-21-6-7-24-26(16-21)34(5)29(39)36(24)25-8-9-27(37)32-28(25)38/h6-7,16,20,22-23,25H,8-15,17-19H2,1-5H3,(H,32,37,38). The molecule has 2 aliphatic heterocycles. The molecule has 1 saturated carbocycles. The fourth-order valence-electron chi connectivity index (χ4n) is 6.30. The molecule has 3 fully saturated rings. The van der Waals surface area contributed by atoms with Gasteiger partial charge in [-0.05, 0) is 96.0 Å². The third-order valence-electron chi connectivity index (χ3n) is 8.97. The number of amides is 3. The van der Waals surface area contributed by atoms with Crippen LogP contribution in [-0.2, 0) is 32.7 Å². The number of nitrogens with one attached hydrogen (secondary N) is 1. The van der Waals surface area contributed by atoms with Gasteiger partial charge < -0.3 is 14.4 Å². The Labute approximate surface area is 247 Å². The van der Waals surface area contributed by atoms with Crippen LogP contribution in [0, 0.1) is 5.92 Å². The van der Waals surface area contributed by atoms with Crippen molar-refractivity contribution in [2.45, 2.75) is 96.1 Å². The summed E-state index contributed by atoms with van der Waals surface area (Å²) in [4.78, 5) is 53.5. The van der Waals surface area contributed by atoms with Crippen LogP contribution in [0.5, 0.6) is 0 Å². The molecule has 1 aromatic carbocycles. The maximum absolute atomic E-state index is 13.0. The van der Waals surface area contributed by atoms with E-state index in [0.717, 1.165) is 69.4 Å². The van der Waals surface area contributed by atoms with E-state index in [1.54, 1.807) is 23.6 Å². The second kappa shape index (κ2) is 12.2. The van der Waals surface area contributed by atoms with E-state index >= 15 is 0 Å². The fraction of sp³-hybridized carbons (Fsp3) is 0.677. The van der Waals surface area contributed by atoms with Crippen molar-refractivity contribution in [3.8, 4) is 0 Å². The maximum Gasteiger partial charge on any atom is 0.410 e. The largest absolute Gasteiger partial charge is 0.444 e. The SMILES string of the molecule is CN(C(=O)OC(C)(C)C)C1CC(OCCC2CCN(Cc3ccc4c(c3)n(C)c(=O)n4C3CCC(=O)NC3=O)CC2)C1. The van der Waals surface area contributed by atoms with Crippen molar-refractivity contribution in [2.24, 2.45) is 13.0 Å². The van der Waals surface area contributed by atoms with E-state index in [2.05, 4.69) is 10.2 Å². The zero-order chi connectivity index (χ0) is 30.2. The lowest BCUT2D eigenvalue weighted by atomic mass is 9.88. The number of piperidine rings is 2. The second-order valence-electron chi connectivity index (χ2n) is 13.2. The molecule has 1 atom stereocenters. The first-order valence-electron chi connectivity index (χ1n) is 15.2. The molecule has 1 unspecified atom stereocenters. The summed E-state index contributed by atoms with van der Waals surface area (Å²) in [6, 6.07) is 5.53. The summed E-state index contributed by atoms with van der Waals surface area (Å²) in [7, 11) is 3.53. The van der Waals surface area contributed by atoms with Crippen molar-refractivity contribution in [3.05, 3.63) is 34.2 Å². The van der Waals surface area contributed by atoms with Crippen LogP contribution in [0.25, 0.3) is 11.0 Å². The Kier molecular flexibility index (Phi) is 8.80. The highest BCUT2D eigenvalue weighted by molar-refractivity contribution is 6.00. The van der Waals surface area contributed by atoms with Gasteiger partial charge in [-0.1, -0.05) is 6.07 Å². The van der Waals surface area contributed by atoms with E-state index in [1.165, 1.54) is 4.57 Å². The van der Waals surface area contributed by atoms with Gasteiger partial charge >= 0.3 is 11.8 Å². The first-order chi connectivity index (χ1) is 19.9. The molecular weight excluding hydrogens is 538 g/mol. The Morgan fingerprint density at radius 1 is 1.07 bits per heavy atom. The van der Waals surface area contributed by atoms with E-state index in [1.807, 2.05) is 39.0 Å². The van der Waals surface area contributed by atoms with E-state index in [0.29, 0.717) is 17.9 Å². The van der Waals surface area contributed by atoms with Gasteiger partial charge in [-0.15, -0.1) is 0 Å². The molecule has 2 aromatic rings. The van der Waals surface area contributed by atoms with E-state index in [9.17, 15) is 19.2 Å². The molecule has 0 bridgehead atoms. The zero-order valence-corrected chi connectivity index (χ0v) is 25.6. The van der Waals surface area contributed by atoms with Crippen LogP contribution in [0.15, 0.2) is 23.0 Å². The minimum atomic E-state index is -0.669. The molecule has 11 nitrogen and oxygen atoms in total. The lowest BCUT2D eigenvalue weighted by molar-refractivity contribution is -0.135. The number of carbonyl (C=O) groups excluding carboxylic acids is 3. The van der Waals surface area contributed by atoms with Gasteiger partial charge in [0.05, 0.1) is 17.1 Å². The van der Waals surface area contributed by atoms with Gasteiger partial charge in [-0.2, -0.15) is 0 Å². The van der Waals surface area contributed by atoms with E-state index in [-0.39, 0.29) is 36.3 Å². The minimum Gasteiger partial charge on any atom is -0.444 e. The fourth-order valence-corrected chi connectivity index (χ4v) is 6.30. The van der Waals surface area contributed by atoms with Gasteiger partial charge in [-0.25, -0.2) is 9.59 Å². The number of nitrogens with zero attached hydrogens (tertiary/aromatic N) is 4. The lowest BCUT2D eigenvalue weighted by Crippen LogP contribution is -2.50. The van der Waals surface area contributed by atoms with Gasteiger partial charge in [0.25, 0.3) is 0 Å². The summed E-state index contributed by atoms with van der Waals surface area (Å²) in [6.45, 7) is 9.25. The number of hydrogen-bond donors (Lipinski definition) is 1. The van der Waals surface area contributed by atoms with Crippen LogP contribution >= 0.6 is 0 Å². The smallest absolute Gasteiger partial charge is 0.410 e. The molecule has 3 heterocycles. The van der Waals surface area contributed by atoms with Crippen molar-refractivity contribution >= 4 is 28.9 Å². The quantitative estimate of drug-likeness (QED) is 0.474. The summed E-state index contributed by atoms with van der Waals surface area (Å²) in [6.07, 6.45) is 5.55. The monoisotopic (exact) mass is 583 g/mol. The van der Waals surface area contributed by atoms with Crippen LogP contribution in [0.4, 0.5) is 4.79 Å². The molecule has 230 valence electrons. The number of ether oxygens (including phenoxy) is 2. The van der Waals surface area contributed by atoms with Crippen molar-refractivity contribution < 1.29 is 23.9 Å². The first kappa shape index (κ1) is 30.3. The number of likely N-dealkylation sites (tertiary alicyclic amines) is 1. The Morgan fingerprint density at radius 3 is 2.45 bits per heavy atom. The number of fused-ring (bicyclic) bond motifs is 1. The summed E-state index contributed by atoms with van der Waals surface area (Å²) < 4.78 is 14.7. The van der Waals surface area contributed by atoms with Gasteiger partial charge in [0, 0.05) is 39.7 Å². The molecule has 11 heteroatoms. The highest BCUT2D eigenvalue weighted by Crippen LogP contribution is 2.30. The molecule has 3 amide bonds. The van der Waals surface area contributed by atoms with Gasteiger partial charge in [0.15, 0.2) is 0 Å². The molecule has 1 N–H and O–H groups in total. The van der Waals surface area contributed by atoms with Crippen LogP contribution < -0.4 is 11.0 Å². The molecule has 0 radical (unpaired) electrons. The zero-order valence-electron chi connectivity index (χ0n) is 25.6. The van der Waals surface area contributed by atoms with Gasteiger partial charge in [0.1, 0.15) is 11.6 Å². The van der Waals surface area contributed by atoms with E-state index in [4.69, 9.17) is 9.47 Å². The van der Waals surface area contributed by atoms with Crippen LogP contribution in [-0.4, -0.2) is 81.3 Å². The molecule has 1 aliphatic carbocycles. The molecule has 5 rings (SSSR count). The van der Waals surface area contributed by atoms with E-state index < -0.39 is 17.6 Å². The maximum atomic E-state index is 13.0. The summed E-state index contributed by atoms with van der Waals surface area (Å²) in [5, 5.41) is 2.36. The lowest BCUT2D eigenvalue weighted by Gasteiger charge is -2.41. The minimum absolute atomic E-state index is 0.186. The van der Waals surface area contributed by atoms with Gasteiger partial charge in [-0.3, -0.25) is 28.9 Å². The van der Waals surface area contributed by atoms with Crippen molar-refractivity contribution in [2.75, 3.05) is 26.7 Å². The number of aromatic nitrogens is 2. The predicted molar refractivity (Wildman–Crippen MR) is 158 cm³/mol. The summed E-state index contributed by atoms with van der Waals surface area (Å²) >= 11 is 0. The average Bonchev–Trinajstić information content (AvgIpc) is 3.14. The topological polar surface area (TPSA) is 115 Å². The van der Waals surface area contributed by atoms with Gasteiger partial charge in [0.2, 0.25) is 11.8 Å². The first-order valence-corrected chi connectivity index (χ1v) is 15.2. The number of imide groups is 1. The third-order valence-corrected chi connectivity index (χ3v) is 8.97. The number of imidazole rings is 1. The Hall–Kier alpha value is -3.18. The number of benzene rings is 1. The third kappa shape index (κ3) is 6.72. The number of rotatable bonds is 8. The van der Waals surface area contributed by atoms with Crippen molar-refractivity contribution in [3.63, 3.8) is 0 Å². The van der Waals surface area contributed by atoms with Crippen LogP contribution in [0.3, 0.4) is 0 Å². The Morgan fingerprint density at radius 2 is 1.79 bits per heavy atom.